The summed E-state index contributed by atoms with van der Waals surface area (Å²) >= 11 is 0. The molecule has 4 heterocycles. The Morgan fingerprint density at radius 2 is 2.00 bits per heavy atom. The lowest BCUT2D eigenvalue weighted by Crippen LogP contribution is -2.39. The normalized spacial score (nSPS) is 20.5. The van der Waals surface area contributed by atoms with Gasteiger partial charge in [-0.15, -0.1) is 0 Å². The summed E-state index contributed by atoms with van der Waals surface area (Å²) in [7, 11) is 0. The van der Waals surface area contributed by atoms with E-state index in [0.717, 1.165) is 80.3 Å². The van der Waals surface area contributed by atoms with Crippen molar-refractivity contribution in [1.82, 2.24) is 19.8 Å². The quantitative estimate of drug-likeness (QED) is 0.689. The smallest absolute Gasteiger partial charge is 0.290 e. The van der Waals surface area contributed by atoms with Gasteiger partial charge < -0.3 is 19.0 Å². The molecule has 1 amide bonds. The number of carbonyl (C=O) groups excluding carboxylic acids is 1. The van der Waals surface area contributed by atoms with Gasteiger partial charge in [0.25, 0.3) is 5.91 Å². The number of aromatic nitrogens is 2. The highest BCUT2D eigenvalue weighted by atomic mass is 16.5. The van der Waals surface area contributed by atoms with Gasteiger partial charge >= 0.3 is 0 Å². The molecule has 2 saturated heterocycles. The van der Waals surface area contributed by atoms with Crippen LogP contribution >= 0.6 is 0 Å². The standard InChI is InChI=1S/C24H30N4O3/c1-16-6-7-19-20(13-16)26-23(25-19)21-5-3-4-8-28(21)24(29)22-17(2)14-18(31-22)15-27-9-11-30-12-10-27/h6-7,13-14,21H,3-5,8-12,15H2,1-2H3,(H,25,26)/t21-/m0/s1. The van der Waals surface area contributed by atoms with Crippen molar-refractivity contribution < 1.29 is 13.9 Å². The van der Waals surface area contributed by atoms with Crippen molar-refractivity contribution in [1.29, 1.82) is 0 Å². The third kappa shape index (κ3) is 4.12. The number of likely N-dealkylation sites (tertiary alicyclic amines) is 1. The maximum Gasteiger partial charge on any atom is 0.290 e. The van der Waals surface area contributed by atoms with Crippen molar-refractivity contribution in [3.8, 4) is 0 Å². The van der Waals surface area contributed by atoms with E-state index in [4.69, 9.17) is 14.1 Å². The molecule has 0 saturated carbocycles. The van der Waals surface area contributed by atoms with E-state index in [2.05, 4.69) is 28.9 Å². The summed E-state index contributed by atoms with van der Waals surface area (Å²) in [6, 6.07) is 8.16. The third-order valence-corrected chi connectivity index (χ3v) is 6.38. The number of piperidine rings is 1. The molecule has 0 radical (unpaired) electrons. The van der Waals surface area contributed by atoms with Gasteiger partial charge in [-0.2, -0.15) is 0 Å². The zero-order valence-corrected chi connectivity index (χ0v) is 18.3. The van der Waals surface area contributed by atoms with Crippen LogP contribution in [0, 0.1) is 13.8 Å². The SMILES string of the molecule is Cc1ccc2nc([C@@H]3CCCCN3C(=O)c3oc(CN4CCOCC4)cc3C)[nH]c2c1. The number of H-pyrrole nitrogens is 1. The van der Waals surface area contributed by atoms with Gasteiger partial charge in [-0.1, -0.05) is 6.07 Å². The summed E-state index contributed by atoms with van der Waals surface area (Å²) < 4.78 is 11.5. The minimum absolute atomic E-state index is 0.0351. The van der Waals surface area contributed by atoms with Crippen LogP contribution in [-0.4, -0.2) is 58.5 Å². The number of aromatic amines is 1. The lowest BCUT2D eigenvalue weighted by atomic mass is 10.0. The molecule has 31 heavy (non-hydrogen) atoms. The van der Waals surface area contributed by atoms with E-state index in [9.17, 15) is 4.79 Å². The fourth-order valence-corrected chi connectivity index (χ4v) is 4.71. The number of ether oxygens (including phenoxy) is 1. The number of fused-ring (bicyclic) bond motifs is 1. The van der Waals surface area contributed by atoms with Crippen LogP contribution in [0.15, 0.2) is 28.7 Å². The van der Waals surface area contributed by atoms with Crippen LogP contribution in [-0.2, 0) is 11.3 Å². The first kappa shape index (κ1) is 20.3. The van der Waals surface area contributed by atoms with Gasteiger partial charge in [-0.3, -0.25) is 9.69 Å². The Labute approximate surface area is 182 Å². The highest BCUT2D eigenvalue weighted by Gasteiger charge is 2.33. The topological polar surface area (TPSA) is 74.6 Å². The van der Waals surface area contributed by atoms with E-state index in [0.29, 0.717) is 12.3 Å². The molecule has 164 valence electrons. The zero-order valence-electron chi connectivity index (χ0n) is 18.3. The van der Waals surface area contributed by atoms with Crippen LogP contribution < -0.4 is 0 Å². The molecule has 5 rings (SSSR count). The number of amides is 1. The van der Waals surface area contributed by atoms with Crippen molar-refractivity contribution in [2.75, 3.05) is 32.8 Å². The second kappa shape index (κ2) is 8.48. The maximum atomic E-state index is 13.5. The number of nitrogens with one attached hydrogen (secondary N) is 1. The Bertz CT molecular complexity index is 1080. The highest BCUT2D eigenvalue weighted by Crippen LogP contribution is 2.33. The number of aryl methyl sites for hydroxylation is 2. The molecular formula is C24H30N4O3. The molecule has 2 fully saturated rings. The Hall–Kier alpha value is -2.64. The fourth-order valence-electron chi connectivity index (χ4n) is 4.71. The van der Waals surface area contributed by atoms with Crippen LogP contribution in [0.3, 0.4) is 0 Å². The van der Waals surface area contributed by atoms with Crippen LogP contribution in [0.1, 0.15) is 58.6 Å². The molecule has 7 heteroatoms. The average Bonchev–Trinajstić information content (AvgIpc) is 3.36. The number of furan rings is 1. The van der Waals surface area contributed by atoms with Gasteiger partial charge in [0.15, 0.2) is 5.76 Å². The Balaban J connectivity index is 1.38. The predicted molar refractivity (Wildman–Crippen MR) is 118 cm³/mol. The lowest BCUT2D eigenvalue weighted by molar-refractivity contribution is 0.0307. The molecule has 3 aromatic rings. The second-order valence-electron chi connectivity index (χ2n) is 8.77. The summed E-state index contributed by atoms with van der Waals surface area (Å²) in [5, 5.41) is 0. The molecule has 1 N–H and O–H groups in total. The van der Waals surface area contributed by atoms with Crippen molar-refractivity contribution in [3.63, 3.8) is 0 Å². The number of morpholine rings is 1. The molecule has 1 atom stereocenters. The molecule has 0 unspecified atom stereocenters. The maximum absolute atomic E-state index is 13.5. The van der Waals surface area contributed by atoms with E-state index in [1.807, 2.05) is 24.0 Å². The van der Waals surface area contributed by atoms with E-state index >= 15 is 0 Å². The number of hydrogen-bond donors (Lipinski definition) is 1. The number of imidazole rings is 1. The molecule has 0 bridgehead atoms. The number of benzene rings is 1. The zero-order chi connectivity index (χ0) is 21.4. The second-order valence-corrected chi connectivity index (χ2v) is 8.77. The first-order chi connectivity index (χ1) is 15.1. The Kier molecular flexibility index (Phi) is 5.54. The highest BCUT2D eigenvalue weighted by molar-refractivity contribution is 5.93. The van der Waals surface area contributed by atoms with Gasteiger partial charge in [0.05, 0.1) is 36.8 Å². The molecule has 7 nitrogen and oxygen atoms in total. The van der Waals surface area contributed by atoms with E-state index in [1.165, 1.54) is 5.56 Å². The molecule has 2 aromatic heterocycles. The van der Waals surface area contributed by atoms with Gasteiger partial charge in [0.1, 0.15) is 11.6 Å². The van der Waals surface area contributed by atoms with Crippen LogP contribution in [0.2, 0.25) is 0 Å². The predicted octanol–water partition coefficient (Wildman–Crippen LogP) is 3.97. The molecular weight excluding hydrogens is 392 g/mol. The van der Waals surface area contributed by atoms with Crippen molar-refractivity contribution >= 4 is 16.9 Å². The number of carbonyl (C=O) groups is 1. The number of rotatable bonds is 4. The molecule has 2 aliphatic heterocycles. The number of nitrogens with zero attached hydrogens (tertiary/aromatic N) is 3. The van der Waals surface area contributed by atoms with E-state index in [-0.39, 0.29) is 11.9 Å². The first-order valence-electron chi connectivity index (χ1n) is 11.2. The summed E-state index contributed by atoms with van der Waals surface area (Å²) in [5.41, 5.74) is 4.06. The van der Waals surface area contributed by atoms with Crippen LogP contribution in [0.5, 0.6) is 0 Å². The van der Waals surface area contributed by atoms with Gasteiger partial charge in [-0.05, 0) is 56.9 Å². The molecule has 2 aliphatic rings. The van der Waals surface area contributed by atoms with Crippen molar-refractivity contribution in [2.24, 2.45) is 0 Å². The monoisotopic (exact) mass is 422 g/mol. The van der Waals surface area contributed by atoms with Crippen LogP contribution in [0.25, 0.3) is 11.0 Å². The number of hydrogen-bond acceptors (Lipinski definition) is 5. The van der Waals surface area contributed by atoms with Gasteiger partial charge in [0, 0.05) is 25.2 Å². The fraction of sp³-hybridized carbons (Fsp3) is 0.500. The molecule has 0 spiro atoms. The summed E-state index contributed by atoms with van der Waals surface area (Å²) in [6.45, 7) is 8.75. The van der Waals surface area contributed by atoms with Crippen LogP contribution in [0.4, 0.5) is 0 Å². The van der Waals surface area contributed by atoms with E-state index < -0.39 is 0 Å². The Morgan fingerprint density at radius 1 is 1.16 bits per heavy atom. The molecule has 1 aromatic carbocycles. The Morgan fingerprint density at radius 3 is 2.84 bits per heavy atom. The first-order valence-corrected chi connectivity index (χ1v) is 11.2. The minimum atomic E-state index is -0.0545. The molecule has 0 aliphatic carbocycles. The summed E-state index contributed by atoms with van der Waals surface area (Å²) in [6.07, 6.45) is 3.00. The third-order valence-electron chi connectivity index (χ3n) is 6.38. The minimum Gasteiger partial charge on any atom is -0.454 e. The lowest BCUT2D eigenvalue weighted by Gasteiger charge is -2.34. The van der Waals surface area contributed by atoms with Gasteiger partial charge in [0.2, 0.25) is 0 Å². The summed E-state index contributed by atoms with van der Waals surface area (Å²) in [5.74, 6) is 2.14. The van der Waals surface area contributed by atoms with E-state index in [1.54, 1.807) is 0 Å². The summed E-state index contributed by atoms with van der Waals surface area (Å²) in [4.78, 5) is 26.1. The average molecular weight is 423 g/mol. The van der Waals surface area contributed by atoms with Gasteiger partial charge in [-0.25, -0.2) is 4.98 Å². The van der Waals surface area contributed by atoms with Crippen molar-refractivity contribution in [3.05, 3.63) is 52.7 Å². The largest absolute Gasteiger partial charge is 0.454 e. The van der Waals surface area contributed by atoms with Crippen molar-refractivity contribution in [2.45, 2.75) is 45.7 Å².